The van der Waals surface area contributed by atoms with Crippen molar-refractivity contribution in [2.24, 2.45) is 5.92 Å². The summed E-state index contributed by atoms with van der Waals surface area (Å²) < 4.78 is 22.4. The first-order valence-corrected chi connectivity index (χ1v) is 7.27. The summed E-state index contributed by atoms with van der Waals surface area (Å²) in [5, 5.41) is 11.7. The summed E-state index contributed by atoms with van der Waals surface area (Å²) in [4.78, 5) is 10.8. The number of rotatable bonds is 8. The van der Waals surface area contributed by atoms with Crippen LogP contribution < -0.4 is 5.32 Å². The number of hydrogen-bond donors (Lipinski definition) is 2. The molecule has 0 amide bonds. The zero-order valence-electron chi connectivity index (χ0n) is 10.1. The second kappa shape index (κ2) is 6.85. The Morgan fingerprint density at radius 3 is 2.31 bits per heavy atom. The first-order valence-electron chi connectivity index (χ1n) is 5.45. The Bertz CT molecular complexity index is 311. The van der Waals surface area contributed by atoms with Crippen LogP contribution in [0.25, 0.3) is 0 Å². The molecule has 0 radical (unpaired) electrons. The third kappa shape index (κ3) is 6.79. The molecule has 0 bridgehead atoms. The largest absolute Gasteiger partial charge is 0.480 e. The number of carbonyl (C=O) groups is 1. The van der Waals surface area contributed by atoms with Crippen LogP contribution >= 0.6 is 0 Å². The van der Waals surface area contributed by atoms with Gasteiger partial charge in [0.2, 0.25) is 0 Å². The third-order valence-corrected chi connectivity index (χ3v) is 3.95. The van der Waals surface area contributed by atoms with E-state index in [1.165, 1.54) is 0 Å². The molecule has 0 saturated heterocycles. The molecule has 0 aliphatic rings. The fourth-order valence-electron chi connectivity index (χ4n) is 1.28. The van der Waals surface area contributed by atoms with Crippen LogP contribution in [0.1, 0.15) is 27.2 Å². The monoisotopic (exact) mass is 251 g/mol. The molecule has 5 nitrogen and oxygen atoms in total. The van der Waals surface area contributed by atoms with Crippen molar-refractivity contribution in [2.75, 3.05) is 18.1 Å². The van der Waals surface area contributed by atoms with E-state index in [0.29, 0.717) is 6.42 Å². The van der Waals surface area contributed by atoms with E-state index in [-0.39, 0.29) is 24.0 Å². The molecule has 1 atom stereocenters. The molecule has 96 valence electrons. The summed E-state index contributed by atoms with van der Waals surface area (Å²) >= 11 is 0. The van der Waals surface area contributed by atoms with Crippen LogP contribution in [-0.4, -0.2) is 43.6 Å². The van der Waals surface area contributed by atoms with Crippen molar-refractivity contribution in [3.05, 3.63) is 0 Å². The molecule has 0 fully saturated rings. The van der Waals surface area contributed by atoms with Crippen LogP contribution in [0.2, 0.25) is 0 Å². The van der Waals surface area contributed by atoms with Crippen molar-refractivity contribution in [1.82, 2.24) is 5.32 Å². The molecular weight excluding hydrogens is 230 g/mol. The van der Waals surface area contributed by atoms with E-state index in [1.807, 2.05) is 13.8 Å². The zero-order valence-corrected chi connectivity index (χ0v) is 10.9. The van der Waals surface area contributed by atoms with E-state index >= 15 is 0 Å². The lowest BCUT2D eigenvalue weighted by Gasteiger charge is -2.16. The number of aliphatic carboxylic acids is 1. The van der Waals surface area contributed by atoms with Crippen LogP contribution in [0.4, 0.5) is 0 Å². The summed E-state index contributed by atoms with van der Waals surface area (Å²) in [5.41, 5.74) is 0. The van der Waals surface area contributed by atoms with Crippen LogP contribution in [0.5, 0.6) is 0 Å². The maximum Gasteiger partial charge on any atom is 0.320 e. The Balaban J connectivity index is 4.09. The quantitative estimate of drug-likeness (QED) is 0.656. The maximum absolute atomic E-state index is 11.2. The first kappa shape index (κ1) is 15.4. The highest BCUT2D eigenvalue weighted by molar-refractivity contribution is 7.91. The lowest BCUT2D eigenvalue weighted by Crippen LogP contribution is -2.40. The minimum Gasteiger partial charge on any atom is -0.480 e. The Labute approximate surface area is 97.2 Å². The fourth-order valence-corrected chi connectivity index (χ4v) is 1.99. The molecule has 0 spiro atoms. The summed E-state index contributed by atoms with van der Waals surface area (Å²) in [6, 6.07) is -0.660. The number of sulfone groups is 1. The highest BCUT2D eigenvalue weighted by atomic mass is 32.2. The molecule has 0 saturated carbocycles. The second-order valence-electron chi connectivity index (χ2n) is 4.21. The molecule has 2 N–H and O–H groups in total. The van der Waals surface area contributed by atoms with Gasteiger partial charge >= 0.3 is 5.97 Å². The van der Waals surface area contributed by atoms with Gasteiger partial charge in [-0.25, -0.2) is 8.42 Å². The minimum absolute atomic E-state index is 0.00856. The van der Waals surface area contributed by atoms with Crippen molar-refractivity contribution >= 4 is 15.8 Å². The molecule has 0 heterocycles. The Morgan fingerprint density at radius 2 is 1.94 bits per heavy atom. The lowest BCUT2D eigenvalue weighted by molar-refractivity contribution is -0.139. The Hall–Kier alpha value is -0.620. The summed E-state index contributed by atoms with van der Waals surface area (Å²) in [7, 11) is -3.02. The maximum atomic E-state index is 11.2. The minimum atomic E-state index is -3.02. The number of carboxylic acid groups (broad SMARTS) is 1. The molecule has 0 aromatic carbocycles. The molecule has 0 aliphatic heterocycles. The SMILES string of the molecule is CCS(=O)(=O)CCNC(CC(C)C)C(=O)O. The number of hydrogen-bond acceptors (Lipinski definition) is 4. The van der Waals surface area contributed by atoms with E-state index in [1.54, 1.807) is 6.92 Å². The summed E-state index contributed by atoms with van der Waals surface area (Å²) in [6.07, 6.45) is 0.501. The van der Waals surface area contributed by atoms with Gasteiger partial charge in [-0.3, -0.25) is 4.79 Å². The normalized spacial score (nSPS) is 14.0. The van der Waals surface area contributed by atoms with Gasteiger partial charge in [-0.15, -0.1) is 0 Å². The second-order valence-corrected chi connectivity index (χ2v) is 6.68. The smallest absolute Gasteiger partial charge is 0.320 e. The molecule has 0 aromatic heterocycles. The van der Waals surface area contributed by atoms with E-state index < -0.39 is 21.8 Å². The van der Waals surface area contributed by atoms with Gasteiger partial charge in [0.1, 0.15) is 6.04 Å². The van der Waals surface area contributed by atoms with Gasteiger partial charge in [-0.1, -0.05) is 20.8 Å². The predicted molar refractivity (Wildman–Crippen MR) is 63.2 cm³/mol. The topological polar surface area (TPSA) is 83.5 Å². The highest BCUT2D eigenvalue weighted by Crippen LogP contribution is 2.04. The first-order chi connectivity index (χ1) is 7.28. The van der Waals surface area contributed by atoms with Crippen LogP contribution in [0, 0.1) is 5.92 Å². The molecule has 0 aromatic rings. The predicted octanol–water partition coefficient (Wildman–Crippen LogP) is 0.510. The van der Waals surface area contributed by atoms with Gasteiger partial charge in [0.05, 0.1) is 5.75 Å². The zero-order chi connectivity index (χ0) is 12.8. The van der Waals surface area contributed by atoms with Gasteiger partial charge in [-0.05, 0) is 12.3 Å². The van der Waals surface area contributed by atoms with Crippen molar-refractivity contribution in [2.45, 2.75) is 33.2 Å². The lowest BCUT2D eigenvalue weighted by atomic mass is 10.0. The van der Waals surface area contributed by atoms with Crippen LogP contribution in [0.15, 0.2) is 0 Å². The summed E-state index contributed by atoms with van der Waals surface area (Å²) in [5.74, 6) is -0.582. The van der Waals surface area contributed by atoms with Crippen molar-refractivity contribution in [3.63, 3.8) is 0 Å². The van der Waals surface area contributed by atoms with E-state index in [0.717, 1.165) is 0 Å². The van der Waals surface area contributed by atoms with Gasteiger partial charge < -0.3 is 10.4 Å². The fraction of sp³-hybridized carbons (Fsp3) is 0.900. The Kier molecular flexibility index (Phi) is 6.59. The van der Waals surface area contributed by atoms with E-state index in [4.69, 9.17) is 5.11 Å². The van der Waals surface area contributed by atoms with Gasteiger partial charge in [0.25, 0.3) is 0 Å². The highest BCUT2D eigenvalue weighted by Gasteiger charge is 2.18. The van der Waals surface area contributed by atoms with Gasteiger partial charge in [0.15, 0.2) is 9.84 Å². The summed E-state index contributed by atoms with van der Waals surface area (Å²) in [6.45, 7) is 5.64. The van der Waals surface area contributed by atoms with Crippen LogP contribution in [-0.2, 0) is 14.6 Å². The molecule has 0 rings (SSSR count). The van der Waals surface area contributed by atoms with E-state index in [2.05, 4.69) is 5.32 Å². The standard InChI is InChI=1S/C10H21NO4S/c1-4-16(14,15)6-5-11-9(10(12)13)7-8(2)3/h8-9,11H,4-7H2,1-3H3,(H,12,13). The average Bonchev–Trinajstić information content (AvgIpc) is 2.15. The van der Waals surface area contributed by atoms with Gasteiger partial charge in [0, 0.05) is 12.3 Å². The van der Waals surface area contributed by atoms with Crippen molar-refractivity contribution in [1.29, 1.82) is 0 Å². The Morgan fingerprint density at radius 1 is 1.38 bits per heavy atom. The van der Waals surface area contributed by atoms with Crippen LogP contribution in [0.3, 0.4) is 0 Å². The van der Waals surface area contributed by atoms with Crippen molar-refractivity contribution in [3.8, 4) is 0 Å². The molecular formula is C10H21NO4S. The third-order valence-electron chi connectivity index (χ3n) is 2.25. The van der Waals surface area contributed by atoms with Crippen molar-refractivity contribution < 1.29 is 18.3 Å². The molecule has 6 heteroatoms. The average molecular weight is 251 g/mol. The molecule has 0 aliphatic carbocycles. The number of carboxylic acids is 1. The molecule has 16 heavy (non-hydrogen) atoms. The van der Waals surface area contributed by atoms with E-state index in [9.17, 15) is 13.2 Å². The molecule has 1 unspecified atom stereocenters. The number of nitrogens with one attached hydrogen (secondary N) is 1. The van der Waals surface area contributed by atoms with Gasteiger partial charge in [-0.2, -0.15) is 0 Å².